The van der Waals surface area contributed by atoms with E-state index in [-0.39, 0.29) is 12.4 Å². The zero-order valence-electron chi connectivity index (χ0n) is 7.56. The summed E-state index contributed by atoms with van der Waals surface area (Å²) in [6.07, 6.45) is 4.34. The quantitative estimate of drug-likeness (QED) is 0.539. The number of nitriles is 1. The summed E-state index contributed by atoms with van der Waals surface area (Å²) in [7, 11) is 0. The molecule has 4 nitrogen and oxygen atoms in total. The first-order chi connectivity index (χ1) is 6.86. The fourth-order valence-corrected chi connectivity index (χ4v) is 0.782. The lowest BCUT2D eigenvalue weighted by Gasteiger charge is -1.88. The third-order valence-corrected chi connectivity index (χ3v) is 1.44. The van der Waals surface area contributed by atoms with Crippen LogP contribution in [0.25, 0.3) is 0 Å². The molecule has 1 rings (SSSR count). The summed E-state index contributed by atoms with van der Waals surface area (Å²) in [5.74, 6) is 5.85. The van der Waals surface area contributed by atoms with E-state index in [1.807, 2.05) is 6.07 Å². The van der Waals surface area contributed by atoms with Crippen LogP contribution in [-0.4, -0.2) is 21.7 Å². The van der Waals surface area contributed by atoms with Gasteiger partial charge < -0.3 is 5.11 Å². The Labute approximate surface area is 82.2 Å². The first kappa shape index (κ1) is 10.2. The van der Waals surface area contributed by atoms with E-state index in [0.29, 0.717) is 18.4 Å². The third kappa shape index (κ3) is 3.22. The van der Waals surface area contributed by atoms with Crippen LogP contribution in [0.1, 0.15) is 24.2 Å². The fourth-order valence-electron chi connectivity index (χ4n) is 0.782. The third-order valence-electron chi connectivity index (χ3n) is 1.44. The van der Waals surface area contributed by atoms with Crippen molar-refractivity contribution in [2.24, 2.45) is 0 Å². The van der Waals surface area contributed by atoms with Gasteiger partial charge >= 0.3 is 0 Å². The average molecular weight is 187 g/mol. The molecule has 0 aliphatic carbocycles. The van der Waals surface area contributed by atoms with E-state index in [4.69, 9.17) is 10.4 Å². The normalized spacial score (nSPS) is 8.57. The minimum absolute atomic E-state index is 0.144. The summed E-state index contributed by atoms with van der Waals surface area (Å²) in [5, 5.41) is 16.9. The molecule has 70 valence electrons. The molecule has 0 aliphatic heterocycles. The molecule has 0 bridgehead atoms. The number of rotatable bonds is 2. The van der Waals surface area contributed by atoms with Crippen molar-refractivity contribution in [3.05, 3.63) is 23.8 Å². The van der Waals surface area contributed by atoms with Crippen molar-refractivity contribution in [1.29, 1.82) is 5.26 Å². The minimum atomic E-state index is 0.144. The topological polar surface area (TPSA) is 69.8 Å². The number of unbranched alkanes of at least 4 members (excludes halogenated alkanes) is 1. The van der Waals surface area contributed by atoms with E-state index >= 15 is 0 Å². The van der Waals surface area contributed by atoms with Crippen LogP contribution < -0.4 is 0 Å². The summed E-state index contributed by atoms with van der Waals surface area (Å²) >= 11 is 0. The summed E-state index contributed by atoms with van der Waals surface area (Å²) < 4.78 is 0. The summed E-state index contributed by atoms with van der Waals surface area (Å²) in [5.41, 5.74) is 0.682. The number of aromatic nitrogens is 2. The lowest BCUT2D eigenvalue weighted by atomic mass is 10.3. The van der Waals surface area contributed by atoms with Gasteiger partial charge in [0.15, 0.2) is 0 Å². The lowest BCUT2D eigenvalue weighted by Crippen LogP contribution is -1.88. The van der Waals surface area contributed by atoms with Crippen molar-refractivity contribution in [3.8, 4) is 17.9 Å². The van der Waals surface area contributed by atoms with Crippen molar-refractivity contribution in [1.82, 2.24) is 9.97 Å². The molecular weight excluding hydrogens is 178 g/mol. The number of hydrogen-bond acceptors (Lipinski definition) is 4. The van der Waals surface area contributed by atoms with Gasteiger partial charge in [-0.25, -0.2) is 9.97 Å². The van der Waals surface area contributed by atoms with Gasteiger partial charge in [0.05, 0.1) is 5.56 Å². The SMILES string of the molecule is N#Cc1ncc(C#CCCCO)cn1. The molecule has 0 aromatic carbocycles. The molecule has 0 radical (unpaired) electrons. The predicted octanol–water partition coefficient (Wildman–Crippen LogP) is 0.472. The molecular formula is C10H9N3O. The highest BCUT2D eigenvalue weighted by Crippen LogP contribution is 1.93. The number of aliphatic hydroxyl groups excluding tert-OH is 1. The van der Waals surface area contributed by atoms with E-state index in [1.165, 1.54) is 12.4 Å². The van der Waals surface area contributed by atoms with E-state index in [2.05, 4.69) is 21.8 Å². The predicted molar refractivity (Wildman–Crippen MR) is 49.9 cm³/mol. The minimum Gasteiger partial charge on any atom is -0.396 e. The number of nitrogens with zero attached hydrogens (tertiary/aromatic N) is 3. The molecule has 0 amide bonds. The molecule has 0 saturated heterocycles. The van der Waals surface area contributed by atoms with Crippen LogP contribution in [0.2, 0.25) is 0 Å². The van der Waals surface area contributed by atoms with Crippen molar-refractivity contribution >= 4 is 0 Å². The van der Waals surface area contributed by atoms with Crippen molar-refractivity contribution in [3.63, 3.8) is 0 Å². The van der Waals surface area contributed by atoms with Gasteiger partial charge in [-0.2, -0.15) is 5.26 Å². The highest BCUT2D eigenvalue weighted by atomic mass is 16.2. The van der Waals surface area contributed by atoms with Gasteiger partial charge in [0.25, 0.3) is 0 Å². The Morgan fingerprint density at radius 3 is 2.64 bits per heavy atom. The Morgan fingerprint density at radius 2 is 2.07 bits per heavy atom. The summed E-state index contributed by atoms with van der Waals surface area (Å²) in [6, 6.07) is 1.83. The summed E-state index contributed by atoms with van der Waals surface area (Å²) in [6.45, 7) is 0.151. The largest absolute Gasteiger partial charge is 0.396 e. The molecule has 4 heteroatoms. The van der Waals surface area contributed by atoms with Crippen LogP contribution in [0.15, 0.2) is 12.4 Å². The average Bonchev–Trinajstić information content (AvgIpc) is 2.25. The standard InChI is InChI=1S/C10H9N3O/c11-6-10-12-7-9(8-13-10)4-2-1-3-5-14/h7-8,14H,1,3,5H2. The Balaban J connectivity index is 2.59. The van der Waals surface area contributed by atoms with Gasteiger partial charge in [-0.05, 0) is 6.42 Å². The second kappa shape index (κ2) is 5.69. The van der Waals surface area contributed by atoms with Gasteiger partial charge in [0, 0.05) is 25.4 Å². The summed E-state index contributed by atoms with van der Waals surface area (Å²) in [4.78, 5) is 7.54. The maximum Gasteiger partial charge on any atom is 0.232 e. The lowest BCUT2D eigenvalue weighted by molar-refractivity contribution is 0.290. The van der Waals surface area contributed by atoms with Crippen LogP contribution in [-0.2, 0) is 0 Å². The zero-order chi connectivity index (χ0) is 10.2. The van der Waals surface area contributed by atoms with E-state index < -0.39 is 0 Å². The van der Waals surface area contributed by atoms with Crippen LogP contribution in [0, 0.1) is 23.2 Å². The van der Waals surface area contributed by atoms with Crippen molar-refractivity contribution in [2.75, 3.05) is 6.61 Å². The Morgan fingerprint density at radius 1 is 1.36 bits per heavy atom. The maximum atomic E-state index is 8.50. The number of hydrogen-bond donors (Lipinski definition) is 1. The molecule has 1 N–H and O–H groups in total. The Kier molecular flexibility index (Phi) is 4.13. The smallest absolute Gasteiger partial charge is 0.232 e. The van der Waals surface area contributed by atoms with Crippen LogP contribution in [0.4, 0.5) is 0 Å². The monoisotopic (exact) mass is 187 g/mol. The Bertz CT molecular complexity index is 381. The van der Waals surface area contributed by atoms with E-state index in [1.54, 1.807) is 0 Å². The molecule has 14 heavy (non-hydrogen) atoms. The van der Waals surface area contributed by atoms with Crippen LogP contribution in [0.3, 0.4) is 0 Å². The molecule has 0 saturated carbocycles. The van der Waals surface area contributed by atoms with Gasteiger partial charge in [-0.15, -0.1) is 0 Å². The highest BCUT2D eigenvalue weighted by molar-refractivity contribution is 5.30. The van der Waals surface area contributed by atoms with Crippen molar-refractivity contribution in [2.45, 2.75) is 12.8 Å². The first-order valence-electron chi connectivity index (χ1n) is 4.18. The molecule has 0 atom stereocenters. The van der Waals surface area contributed by atoms with Gasteiger partial charge in [0.2, 0.25) is 5.82 Å². The van der Waals surface area contributed by atoms with Crippen LogP contribution in [0.5, 0.6) is 0 Å². The maximum absolute atomic E-state index is 8.50. The second-order valence-electron chi connectivity index (χ2n) is 2.54. The Hall–Kier alpha value is -1.91. The molecule has 0 unspecified atom stereocenters. The fraction of sp³-hybridized carbons (Fsp3) is 0.300. The molecule has 1 aromatic heterocycles. The molecule has 0 spiro atoms. The van der Waals surface area contributed by atoms with E-state index in [0.717, 1.165) is 0 Å². The first-order valence-corrected chi connectivity index (χ1v) is 4.18. The van der Waals surface area contributed by atoms with Crippen molar-refractivity contribution < 1.29 is 5.11 Å². The van der Waals surface area contributed by atoms with Gasteiger partial charge in [-0.3, -0.25) is 0 Å². The van der Waals surface area contributed by atoms with E-state index in [9.17, 15) is 0 Å². The molecule has 1 aromatic rings. The molecule has 0 aliphatic rings. The number of aliphatic hydroxyl groups is 1. The molecule has 0 fully saturated rings. The molecule has 1 heterocycles. The van der Waals surface area contributed by atoms with Gasteiger partial charge in [0.1, 0.15) is 6.07 Å². The van der Waals surface area contributed by atoms with Crippen LogP contribution >= 0.6 is 0 Å². The highest BCUT2D eigenvalue weighted by Gasteiger charge is 1.91. The zero-order valence-corrected chi connectivity index (χ0v) is 7.56. The second-order valence-corrected chi connectivity index (χ2v) is 2.54. The van der Waals surface area contributed by atoms with Gasteiger partial charge in [-0.1, -0.05) is 11.8 Å².